The van der Waals surface area contributed by atoms with Gasteiger partial charge in [-0.05, 0) is 6.92 Å². The summed E-state index contributed by atoms with van der Waals surface area (Å²) < 4.78 is 0. The molecule has 0 heterocycles. The Hall–Kier alpha value is -0.640. The topological polar surface area (TPSA) is 23.8 Å². The second-order valence-corrected chi connectivity index (χ2v) is 0.375. The van der Waals surface area contributed by atoms with Gasteiger partial charge in [-0.15, -0.1) is 0 Å². The summed E-state index contributed by atoms with van der Waals surface area (Å²) in [6.07, 6.45) is 0. The van der Waals surface area contributed by atoms with Gasteiger partial charge in [0.15, 0.2) is 0 Å². The monoisotopic (exact) mass is 54.0 g/mol. The van der Waals surface area contributed by atoms with Crippen molar-refractivity contribution in [3.8, 4) is 12.0 Å². The SMILES string of the molecule is CC#C[NH]. The van der Waals surface area contributed by atoms with E-state index in [0.717, 1.165) is 0 Å². The fourth-order valence-corrected chi connectivity index (χ4v) is 0. The van der Waals surface area contributed by atoms with Crippen molar-refractivity contribution in [1.82, 2.24) is 5.73 Å². The van der Waals surface area contributed by atoms with Crippen molar-refractivity contribution in [3.63, 3.8) is 0 Å². The van der Waals surface area contributed by atoms with Crippen LogP contribution in [-0.2, 0) is 0 Å². The molecule has 0 saturated carbocycles. The first-order valence-electron chi connectivity index (χ1n) is 1.00. The Labute approximate surface area is 25.8 Å². The highest BCUT2D eigenvalue weighted by atomic mass is 14.4. The summed E-state index contributed by atoms with van der Waals surface area (Å²) >= 11 is 0. The van der Waals surface area contributed by atoms with E-state index in [-0.39, 0.29) is 0 Å². The van der Waals surface area contributed by atoms with Crippen molar-refractivity contribution in [2.45, 2.75) is 6.92 Å². The van der Waals surface area contributed by atoms with Gasteiger partial charge in [-0.1, -0.05) is 5.92 Å². The molecular formula is C3H4N. The van der Waals surface area contributed by atoms with Crippen LogP contribution >= 0.6 is 0 Å². The largest absolute Gasteiger partial charge is 0.252 e. The Morgan fingerprint density at radius 1 is 1.75 bits per heavy atom. The summed E-state index contributed by atoms with van der Waals surface area (Å²) in [7, 11) is 0. The van der Waals surface area contributed by atoms with Gasteiger partial charge < -0.3 is 0 Å². The summed E-state index contributed by atoms with van der Waals surface area (Å²) in [5.41, 5.74) is 6.09. The van der Waals surface area contributed by atoms with E-state index in [1.807, 2.05) is 6.04 Å². The van der Waals surface area contributed by atoms with Crippen LogP contribution in [0.5, 0.6) is 0 Å². The Morgan fingerprint density at radius 3 is 2.00 bits per heavy atom. The molecule has 0 atom stereocenters. The molecule has 1 nitrogen and oxygen atoms in total. The van der Waals surface area contributed by atoms with Crippen molar-refractivity contribution in [2.24, 2.45) is 0 Å². The molecule has 0 aromatic carbocycles. The predicted molar refractivity (Wildman–Crippen MR) is 16.5 cm³/mol. The molecule has 0 aliphatic heterocycles. The minimum atomic E-state index is 1.63. The van der Waals surface area contributed by atoms with E-state index in [1.54, 1.807) is 6.92 Å². The van der Waals surface area contributed by atoms with Crippen molar-refractivity contribution in [1.29, 1.82) is 0 Å². The first-order chi connectivity index (χ1) is 1.91. The molecule has 0 aliphatic rings. The van der Waals surface area contributed by atoms with Crippen LogP contribution in [0.2, 0.25) is 0 Å². The standard InChI is InChI=1S/C3H4N/c1-2-3-4/h4H,1H3. The summed E-state index contributed by atoms with van der Waals surface area (Å²) in [6, 6.07) is 1.93. The van der Waals surface area contributed by atoms with Gasteiger partial charge in [0.1, 0.15) is 0 Å². The smallest absolute Gasteiger partial charge is 0.0252 e. The lowest BCUT2D eigenvalue weighted by Gasteiger charge is -1.40. The molecular weight excluding hydrogens is 50.0 g/mol. The van der Waals surface area contributed by atoms with Crippen LogP contribution in [0.1, 0.15) is 6.92 Å². The quantitative estimate of drug-likeness (QED) is 0.354. The molecule has 1 radical (unpaired) electrons. The minimum absolute atomic E-state index is 1.63. The van der Waals surface area contributed by atoms with Crippen molar-refractivity contribution >= 4 is 0 Å². The summed E-state index contributed by atoms with van der Waals surface area (Å²) in [6.45, 7) is 1.63. The molecule has 21 valence electrons. The third-order valence-electron chi connectivity index (χ3n) is 0.125. The zero-order chi connectivity index (χ0) is 3.41. The number of rotatable bonds is 0. The van der Waals surface area contributed by atoms with Crippen LogP contribution in [0.15, 0.2) is 0 Å². The van der Waals surface area contributed by atoms with Crippen LogP contribution < -0.4 is 5.73 Å². The molecule has 0 bridgehead atoms. The second-order valence-electron chi connectivity index (χ2n) is 0.375. The molecule has 0 rings (SSSR count). The summed E-state index contributed by atoms with van der Waals surface area (Å²) in [5.74, 6) is 2.35. The van der Waals surface area contributed by atoms with Crippen LogP contribution in [0.3, 0.4) is 0 Å². The lowest BCUT2D eigenvalue weighted by molar-refractivity contribution is 1.63. The zero-order valence-corrected chi connectivity index (χ0v) is 2.50. The molecule has 0 fully saturated rings. The van der Waals surface area contributed by atoms with Gasteiger partial charge in [0, 0.05) is 6.04 Å². The zero-order valence-electron chi connectivity index (χ0n) is 2.50. The highest BCUT2D eigenvalue weighted by Crippen LogP contribution is 1.31. The van der Waals surface area contributed by atoms with Gasteiger partial charge in [0.25, 0.3) is 0 Å². The summed E-state index contributed by atoms with van der Waals surface area (Å²) in [4.78, 5) is 0. The lowest BCUT2D eigenvalue weighted by Crippen LogP contribution is -1.44. The maximum atomic E-state index is 6.09. The maximum Gasteiger partial charge on any atom is 0.0252 e. The maximum absolute atomic E-state index is 6.09. The molecule has 0 unspecified atom stereocenters. The van der Waals surface area contributed by atoms with Gasteiger partial charge in [0.2, 0.25) is 0 Å². The number of nitrogens with one attached hydrogen (secondary N) is 1. The Kier molecular flexibility index (Phi) is 1.98. The van der Waals surface area contributed by atoms with Crippen LogP contribution in [0.25, 0.3) is 0 Å². The van der Waals surface area contributed by atoms with Gasteiger partial charge in [0.05, 0.1) is 0 Å². The normalized spacial score (nSPS) is 3.25. The third kappa shape index (κ3) is 1.36. The summed E-state index contributed by atoms with van der Waals surface area (Å²) in [5, 5.41) is 0. The molecule has 0 spiro atoms. The average Bonchev–Trinajstić information content (AvgIpc) is 1.37. The van der Waals surface area contributed by atoms with E-state index >= 15 is 0 Å². The van der Waals surface area contributed by atoms with Crippen LogP contribution in [-0.4, -0.2) is 0 Å². The number of hydrogen-bond acceptors (Lipinski definition) is 0. The van der Waals surface area contributed by atoms with E-state index in [2.05, 4.69) is 5.92 Å². The third-order valence-corrected chi connectivity index (χ3v) is 0.125. The molecule has 0 saturated heterocycles. The Bertz CT molecular complexity index is 40.0. The molecule has 0 aromatic rings. The van der Waals surface area contributed by atoms with Crippen LogP contribution in [0.4, 0.5) is 0 Å². The van der Waals surface area contributed by atoms with E-state index in [9.17, 15) is 0 Å². The first kappa shape index (κ1) is 3.36. The minimum Gasteiger partial charge on any atom is -0.252 e. The molecule has 4 heavy (non-hydrogen) atoms. The Morgan fingerprint density at radius 2 is 2.00 bits per heavy atom. The highest BCUT2D eigenvalue weighted by Gasteiger charge is 1.27. The molecule has 1 N–H and O–H groups in total. The van der Waals surface area contributed by atoms with E-state index < -0.39 is 0 Å². The fourth-order valence-electron chi connectivity index (χ4n) is 0. The number of hydrogen-bond donors (Lipinski definition) is 0. The molecule has 0 aromatic heterocycles. The van der Waals surface area contributed by atoms with E-state index in [1.165, 1.54) is 0 Å². The molecule has 1 heteroatoms. The second kappa shape index (κ2) is 2.36. The molecule has 0 aliphatic carbocycles. The average molecular weight is 54.1 g/mol. The highest BCUT2D eigenvalue weighted by molar-refractivity contribution is 4.86. The fraction of sp³-hybridized carbons (Fsp3) is 0.333. The van der Waals surface area contributed by atoms with Gasteiger partial charge in [-0.2, -0.15) is 0 Å². The van der Waals surface area contributed by atoms with E-state index in [4.69, 9.17) is 5.73 Å². The van der Waals surface area contributed by atoms with Crippen molar-refractivity contribution in [2.75, 3.05) is 0 Å². The van der Waals surface area contributed by atoms with Gasteiger partial charge in [-0.3, -0.25) is 5.73 Å². The molecule has 0 amide bonds. The van der Waals surface area contributed by atoms with Gasteiger partial charge >= 0.3 is 0 Å². The van der Waals surface area contributed by atoms with Crippen molar-refractivity contribution < 1.29 is 0 Å². The first-order valence-corrected chi connectivity index (χ1v) is 1.00. The van der Waals surface area contributed by atoms with Gasteiger partial charge in [-0.25, -0.2) is 0 Å². The Balaban J connectivity index is 2.83. The predicted octanol–water partition coefficient (Wildman–Crippen LogP) is 0.250. The van der Waals surface area contributed by atoms with Crippen molar-refractivity contribution in [3.05, 3.63) is 0 Å². The van der Waals surface area contributed by atoms with Crippen LogP contribution in [0, 0.1) is 12.0 Å². The van der Waals surface area contributed by atoms with E-state index in [0.29, 0.717) is 0 Å². The lowest BCUT2D eigenvalue weighted by atomic mass is 10.8.